The number of aryl methyl sites for hydroxylation is 1. The molecule has 1 unspecified atom stereocenters. The molecule has 1 N–H and O–H groups in total. The van der Waals surface area contributed by atoms with E-state index < -0.39 is 0 Å². The van der Waals surface area contributed by atoms with Crippen molar-refractivity contribution in [2.24, 2.45) is 0 Å². The molecule has 2 aromatic heterocycles. The minimum atomic E-state index is -0.261. The maximum absolute atomic E-state index is 12.9. The van der Waals surface area contributed by atoms with Crippen molar-refractivity contribution >= 4 is 5.91 Å². The van der Waals surface area contributed by atoms with Gasteiger partial charge in [-0.15, -0.1) is 0 Å². The first-order chi connectivity index (χ1) is 14.0. The Morgan fingerprint density at radius 2 is 2.07 bits per heavy atom. The quantitative estimate of drug-likeness (QED) is 0.754. The van der Waals surface area contributed by atoms with Crippen molar-refractivity contribution in [1.29, 1.82) is 0 Å². The molecule has 2 aromatic rings. The van der Waals surface area contributed by atoms with E-state index in [1.807, 2.05) is 4.90 Å². The van der Waals surface area contributed by atoms with E-state index in [-0.39, 0.29) is 17.9 Å². The van der Waals surface area contributed by atoms with E-state index in [0.717, 1.165) is 25.1 Å². The average Bonchev–Trinajstić information content (AvgIpc) is 2.75. The van der Waals surface area contributed by atoms with Gasteiger partial charge < -0.3 is 14.6 Å². The van der Waals surface area contributed by atoms with E-state index in [0.29, 0.717) is 42.8 Å². The molecular formula is C21H29N5O3. The van der Waals surface area contributed by atoms with E-state index in [2.05, 4.69) is 26.8 Å². The molecule has 1 fully saturated rings. The molecule has 1 atom stereocenters. The molecule has 29 heavy (non-hydrogen) atoms. The number of rotatable bonds is 7. The number of pyridine rings is 1. The van der Waals surface area contributed by atoms with Crippen LogP contribution in [0, 0.1) is 6.92 Å². The van der Waals surface area contributed by atoms with Crippen LogP contribution in [0.3, 0.4) is 0 Å². The maximum Gasteiger partial charge on any atom is 0.255 e. The standard InChI is InChI=1S/C21H29N5O3/c1-4-17-14-26(10-9-25(17)11-12-29-3)19(27)13-18-15(2)23-20(24-21(18)28)16-5-7-22-8-6-16/h5-8,17H,4,9-14H2,1-3H3,(H,23,24,28). The minimum Gasteiger partial charge on any atom is -0.383 e. The number of ether oxygens (including phenoxy) is 1. The summed E-state index contributed by atoms with van der Waals surface area (Å²) in [5.74, 6) is 0.464. The number of H-pyrrole nitrogens is 1. The van der Waals surface area contributed by atoms with Crippen LogP contribution >= 0.6 is 0 Å². The van der Waals surface area contributed by atoms with Gasteiger partial charge in [0.25, 0.3) is 5.56 Å². The van der Waals surface area contributed by atoms with Gasteiger partial charge in [-0.25, -0.2) is 4.98 Å². The number of amides is 1. The van der Waals surface area contributed by atoms with Crippen LogP contribution in [-0.2, 0) is 16.0 Å². The van der Waals surface area contributed by atoms with E-state index in [4.69, 9.17) is 4.74 Å². The van der Waals surface area contributed by atoms with Crippen molar-refractivity contribution in [3.63, 3.8) is 0 Å². The highest BCUT2D eigenvalue weighted by molar-refractivity contribution is 5.79. The molecular weight excluding hydrogens is 370 g/mol. The number of carbonyl (C=O) groups excluding carboxylic acids is 1. The zero-order valence-electron chi connectivity index (χ0n) is 17.4. The Balaban J connectivity index is 1.70. The van der Waals surface area contributed by atoms with E-state index in [9.17, 15) is 9.59 Å². The summed E-state index contributed by atoms with van der Waals surface area (Å²) >= 11 is 0. The number of aromatic amines is 1. The molecule has 0 radical (unpaired) electrons. The van der Waals surface area contributed by atoms with Crippen LogP contribution in [0.4, 0.5) is 0 Å². The molecule has 8 nitrogen and oxygen atoms in total. The Morgan fingerprint density at radius 3 is 2.72 bits per heavy atom. The summed E-state index contributed by atoms with van der Waals surface area (Å²) in [6.45, 7) is 7.64. The number of piperazine rings is 1. The molecule has 156 valence electrons. The van der Waals surface area contributed by atoms with Crippen molar-refractivity contribution in [2.45, 2.75) is 32.7 Å². The molecule has 0 spiro atoms. The van der Waals surface area contributed by atoms with Gasteiger partial charge in [-0.05, 0) is 25.5 Å². The maximum atomic E-state index is 12.9. The summed E-state index contributed by atoms with van der Waals surface area (Å²) in [5.41, 5.74) is 1.54. The second kappa shape index (κ2) is 9.76. The van der Waals surface area contributed by atoms with Crippen LogP contribution in [0.2, 0.25) is 0 Å². The molecule has 3 heterocycles. The summed E-state index contributed by atoms with van der Waals surface area (Å²) in [6.07, 6.45) is 4.34. The van der Waals surface area contributed by atoms with E-state index in [1.54, 1.807) is 38.6 Å². The SMILES string of the molecule is CCC1CN(C(=O)Cc2c(C)nc(-c3ccncc3)[nH]c2=O)CCN1CCOC. The van der Waals surface area contributed by atoms with E-state index >= 15 is 0 Å². The van der Waals surface area contributed by atoms with Gasteiger partial charge in [0.05, 0.1) is 13.0 Å². The third-order valence-electron chi connectivity index (χ3n) is 5.52. The zero-order valence-corrected chi connectivity index (χ0v) is 17.4. The lowest BCUT2D eigenvalue weighted by atomic mass is 10.1. The largest absolute Gasteiger partial charge is 0.383 e. The van der Waals surface area contributed by atoms with E-state index in [1.165, 1.54) is 0 Å². The van der Waals surface area contributed by atoms with Crippen molar-refractivity contribution < 1.29 is 9.53 Å². The first-order valence-corrected chi connectivity index (χ1v) is 10.0. The fourth-order valence-electron chi connectivity index (χ4n) is 3.74. The second-order valence-electron chi connectivity index (χ2n) is 7.32. The van der Waals surface area contributed by atoms with Gasteiger partial charge in [-0.3, -0.25) is 19.5 Å². The van der Waals surface area contributed by atoms with Gasteiger partial charge in [-0.2, -0.15) is 0 Å². The number of hydrogen-bond donors (Lipinski definition) is 1. The van der Waals surface area contributed by atoms with Crippen molar-refractivity contribution in [2.75, 3.05) is 39.9 Å². The van der Waals surface area contributed by atoms with Crippen LogP contribution in [0.5, 0.6) is 0 Å². The van der Waals surface area contributed by atoms with Crippen molar-refractivity contribution in [1.82, 2.24) is 24.8 Å². The molecule has 0 bridgehead atoms. The fourth-order valence-corrected chi connectivity index (χ4v) is 3.74. The highest BCUT2D eigenvalue weighted by Crippen LogP contribution is 2.16. The highest BCUT2D eigenvalue weighted by Gasteiger charge is 2.28. The summed E-state index contributed by atoms with van der Waals surface area (Å²) in [4.78, 5) is 41.1. The van der Waals surface area contributed by atoms with Gasteiger partial charge in [0.2, 0.25) is 5.91 Å². The predicted octanol–water partition coefficient (Wildman–Crippen LogP) is 1.25. The number of aromatic nitrogens is 3. The average molecular weight is 399 g/mol. The number of carbonyl (C=O) groups is 1. The lowest BCUT2D eigenvalue weighted by Crippen LogP contribution is -2.55. The normalized spacial score (nSPS) is 17.5. The lowest BCUT2D eigenvalue weighted by molar-refractivity contribution is -0.133. The number of nitrogens with one attached hydrogen (secondary N) is 1. The smallest absolute Gasteiger partial charge is 0.255 e. The van der Waals surface area contributed by atoms with Crippen LogP contribution < -0.4 is 5.56 Å². The zero-order chi connectivity index (χ0) is 20.8. The van der Waals surface area contributed by atoms with Gasteiger partial charge in [0.1, 0.15) is 5.82 Å². The number of methoxy groups -OCH3 is 1. The Hall–Kier alpha value is -2.58. The van der Waals surface area contributed by atoms with Gasteiger partial charge in [0, 0.05) is 68.5 Å². The lowest BCUT2D eigenvalue weighted by Gasteiger charge is -2.41. The fraction of sp³-hybridized carbons (Fsp3) is 0.524. The molecule has 1 saturated heterocycles. The van der Waals surface area contributed by atoms with Crippen molar-refractivity contribution in [3.05, 3.63) is 46.1 Å². The second-order valence-corrected chi connectivity index (χ2v) is 7.32. The van der Waals surface area contributed by atoms with Crippen LogP contribution in [0.25, 0.3) is 11.4 Å². The van der Waals surface area contributed by atoms with Crippen LogP contribution in [-0.4, -0.2) is 76.6 Å². The van der Waals surface area contributed by atoms with Crippen molar-refractivity contribution in [3.8, 4) is 11.4 Å². The van der Waals surface area contributed by atoms with Crippen LogP contribution in [0.1, 0.15) is 24.6 Å². The van der Waals surface area contributed by atoms with Crippen LogP contribution in [0.15, 0.2) is 29.3 Å². The highest BCUT2D eigenvalue weighted by atomic mass is 16.5. The number of hydrogen-bond acceptors (Lipinski definition) is 6. The molecule has 1 aliphatic rings. The molecule has 8 heteroatoms. The Bertz CT molecular complexity index is 884. The summed E-state index contributed by atoms with van der Waals surface area (Å²) in [5, 5.41) is 0. The van der Waals surface area contributed by atoms with Gasteiger partial charge in [0.15, 0.2) is 0 Å². The molecule has 0 aromatic carbocycles. The Kier molecular flexibility index (Phi) is 7.11. The molecule has 0 aliphatic carbocycles. The molecule has 1 amide bonds. The minimum absolute atomic E-state index is 0.0260. The summed E-state index contributed by atoms with van der Waals surface area (Å²) < 4.78 is 5.19. The molecule has 3 rings (SSSR count). The Morgan fingerprint density at radius 1 is 1.31 bits per heavy atom. The third kappa shape index (κ3) is 5.07. The summed E-state index contributed by atoms with van der Waals surface area (Å²) in [7, 11) is 1.70. The Labute approximate surface area is 170 Å². The topological polar surface area (TPSA) is 91.4 Å². The monoisotopic (exact) mass is 399 g/mol. The van der Waals surface area contributed by atoms with Gasteiger partial charge >= 0.3 is 0 Å². The first kappa shape index (κ1) is 21.1. The first-order valence-electron chi connectivity index (χ1n) is 10.0. The molecule has 0 saturated carbocycles. The molecule has 1 aliphatic heterocycles. The number of nitrogens with zero attached hydrogens (tertiary/aromatic N) is 4. The summed E-state index contributed by atoms with van der Waals surface area (Å²) in [6, 6.07) is 3.89. The predicted molar refractivity (Wildman–Crippen MR) is 111 cm³/mol. The van der Waals surface area contributed by atoms with Gasteiger partial charge in [-0.1, -0.05) is 6.92 Å². The third-order valence-corrected chi connectivity index (χ3v) is 5.52.